The molecule has 0 radical (unpaired) electrons. The molecule has 0 fully saturated rings. The molecule has 0 N–H and O–H groups in total. The molecule has 0 aliphatic rings. The average molecular weight is 127 g/mol. The summed E-state index contributed by atoms with van der Waals surface area (Å²) < 4.78 is 0. The van der Waals surface area contributed by atoms with Crippen molar-refractivity contribution in [2.45, 2.75) is 20.3 Å². The summed E-state index contributed by atoms with van der Waals surface area (Å²) in [4.78, 5) is 20.2. The van der Waals surface area contributed by atoms with Gasteiger partial charge in [0.05, 0.1) is 0 Å². The van der Waals surface area contributed by atoms with Crippen LogP contribution < -0.4 is 0 Å². The van der Waals surface area contributed by atoms with Crippen LogP contribution in [0.5, 0.6) is 0 Å². The Kier molecular flexibility index (Phi) is 6.76. The minimum absolute atomic E-state index is 0. The molecular formula is C5H8AlO2+3. The van der Waals surface area contributed by atoms with Crippen molar-refractivity contribution in [1.29, 1.82) is 0 Å². The Morgan fingerprint density at radius 2 is 1.75 bits per heavy atom. The van der Waals surface area contributed by atoms with Crippen molar-refractivity contribution >= 4 is 28.9 Å². The summed E-state index contributed by atoms with van der Waals surface area (Å²) in [5, 5.41) is 0. The van der Waals surface area contributed by atoms with Crippen molar-refractivity contribution in [2.24, 2.45) is 0 Å². The van der Waals surface area contributed by atoms with Crippen molar-refractivity contribution in [1.82, 2.24) is 0 Å². The number of hydrogen-bond acceptors (Lipinski definition) is 2. The van der Waals surface area contributed by atoms with E-state index in [1.807, 2.05) is 0 Å². The fourth-order valence-electron chi connectivity index (χ4n) is 0.249. The Hall–Kier alpha value is -0.128. The molecular weight excluding hydrogens is 119 g/mol. The van der Waals surface area contributed by atoms with E-state index in [1.165, 1.54) is 6.92 Å². The van der Waals surface area contributed by atoms with Gasteiger partial charge in [0, 0.05) is 13.3 Å². The number of carbonyl (C=O) groups excluding carboxylic acids is 2. The van der Waals surface area contributed by atoms with E-state index in [1.54, 1.807) is 6.92 Å². The minimum atomic E-state index is -0.345. The van der Waals surface area contributed by atoms with Crippen molar-refractivity contribution < 1.29 is 9.59 Å². The second kappa shape index (κ2) is 5.02. The molecule has 0 saturated carbocycles. The molecule has 0 heterocycles. The van der Waals surface area contributed by atoms with Gasteiger partial charge in [0.25, 0.3) is 0 Å². The summed E-state index contributed by atoms with van der Waals surface area (Å²) in [6, 6.07) is 0. The number of rotatable bonds is 2. The van der Waals surface area contributed by atoms with Crippen LogP contribution in [0.15, 0.2) is 0 Å². The quantitative estimate of drug-likeness (QED) is 0.391. The fraction of sp³-hybridized carbons (Fsp3) is 0.600. The van der Waals surface area contributed by atoms with E-state index in [-0.39, 0.29) is 28.9 Å². The van der Waals surface area contributed by atoms with Crippen LogP contribution >= 0.6 is 0 Å². The molecule has 0 atom stereocenters. The molecule has 0 spiro atoms. The molecule has 0 unspecified atom stereocenters. The third-order valence-electron chi connectivity index (χ3n) is 0.714. The minimum Gasteiger partial charge on any atom is -0.291 e. The Bertz CT molecular complexity index is 98.6. The van der Waals surface area contributed by atoms with Crippen LogP contribution in [0.2, 0.25) is 0 Å². The average Bonchev–Trinajstić information content (AvgIpc) is 1.65. The third-order valence-corrected chi connectivity index (χ3v) is 0.714. The molecule has 0 amide bonds. The van der Waals surface area contributed by atoms with Gasteiger partial charge in [-0.15, -0.1) is 0 Å². The smallest absolute Gasteiger partial charge is 0.291 e. The number of hydrogen-bond donors (Lipinski definition) is 0. The van der Waals surface area contributed by atoms with Crippen LogP contribution in [-0.2, 0) is 9.59 Å². The van der Waals surface area contributed by atoms with Crippen molar-refractivity contribution in [3.8, 4) is 0 Å². The van der Waals surface area contributed by atoms with E-state index in [2.05, 4.69) is 0 Å². The predicted octanol–water partition coefficient (Wildman–Crippen LogP) is 0.174. The van der Waals surface area contributed by atoms with Gasteiger partial charge >= 0.3 is 17.4 Å². The maximum atomic E-state index is 10.2. The first kappa shape index (κ1) is 10.8. The van der Waals surface area contributed by atoms with Crippen LogP contribution in [0, 0.1) is 0 Å². The van der Waals surface area contributed by atoms with E-state index >= 15 is 0 Å². The van der Waals surface area contributed by atoms with Crippen LogP contribution in [0.3, 0.4) is 0 Å². The van der Waals surface area contributed by atoms with Gasteiger partial charge in [0.15, 0.2) is 11.6 Å². The molecule has 3 heteroatoms. The Balaban J connectivity index is 0. The number of ketones is 2. The van der Waals surface area contributed by atoms with Crippen LogP contribution in [0.4, 0.5) is 0 Å². The monoisotopic (exact) mass is 127 g/mol. The zero-order chi connectivity index (χ0) is 5.86. The van der Waals surface area contributed by atoms with E-state index in [4.69, 9.17) is 0 Å². The summed E-state index contributed by atoms with van der Waals surface area (Å²) in [5.74, 6) is -0.637. The Morgan fingerprint density at radius 1 is 1.38 bits per heavy atom. The van der Waals surface area contributed by atoms with Gasteiger partial charge in [0.1, 0.15) is 0 Å². The van der Waals surface area contributed by atoms with Gasteiger partial charge in [0.2, 0.25) is 0 Å². The normalized spacial score (nSPS) is 7.25. The molecule has 40 valence electrons. The molecule has 0 aromatic carbocycles. The summed E-state index contributed by atoms with van der Waals surface area (Å²) in [5.41, 5.74) is 0. The molecule has 0 aliphatic carbocycles. The van der Waals surface area contributed by atoms with Gasteiger partial charge in [-0.3, -0.25) is 9.59 Å². The van der Waals surface area contributed by atoms with Gasteiger partial charge < -0.3 is 0 Å². The molecule has 8 heavy (non-hydrogen) atoms. The first-order valence-electron chi connectivity index (χ1n) is 2.22. The summed E-state index contributed by atoms with van der Waals surface area (Å²) >= 11 is 0. The van der Waals surface area contributed by atoms with E-state index in [0.717, 1.165) is 0 Å². The van der Waals surface area contributed by atoms with E-state index < -0.39 is 0 Å². The predicted molar refractivity (Wildman–Crippen MR) is 31.7 cm³/mol. The maximum absolute atomic E-state index is 10.2. The van der Waals surface area contributed by atoms with Crippen LogP contribution in [0.25, 0.3) is 0 Å². The second-order valence-electron chi connectivity index (χ2n) is 1.33. The number of Topliss-reactive ketones (excluding diaryl/α,β-unsaturated/α-hetero) is 2. The fourth-order valence-corrected chi connectivity index (χ4v) is 0.249. The Morgan fingerprint density at radius 3 is 1.75 bits per heavy atom. The second-order valence-corrected chi connectivity index (χ2v) is 1.33. The van der Waals surface area contributed by atoms with Gasteiger partial charge in [-0.2, -0.15) is 0 Å². The zero-order valence-corrected chi connectivity index (χ0v) is 6.26. The van der Waals surface area contributed by atoms with Crippen molar-refractivity contribution in [3.05, 3.63) is 0 Å². The Labute approximate surface area is 59.4 Å². The van der Waals surface area contributed by atoms with Crippen molar-refractivity contribution in [3.63, 3.8) is 0 Å². The molecule has 0 bridgehead atoms. The van der Waals surface area contributed by atoms with Crippen molar-refractivity contribution in [2.75, 3.05) is 0 Å². The first-order chi connectivity index (χ1) is 3.18. The van der Waals surface area contributed by atoms with Gasteiger partial charge in [-0.25, -0.2) is 0 Å². The summed E-state index contributed by atoms with van der Waals surface area (Å²) in [6.45, 7) is 2.95. The number of carbonyl (C=O) groups is 2. The largest absolute Gasteiger partial charge is 3.00 e. The maximum Gasteiger partial charge on any atom is 3.00 e. The third kappa shape index (κ3) is 4.04. The zero-order valence-electron chi connectivity index (χ0n) is 5.10. The first-order valence-corrected chi connectivity index (χ1v) is 2.22. The topological polar surface area (TPSA) is 34.1 Å². The molecule has 2 nitrogen and oxygen atoms in total. The van der Waals surface area contributed by atoms with E-state index in [0.29, 0.717) is 6.42 Å². The standard InChI is InChI=1S/C5H8O2.Al/c1-3-5(7)4(2)6;/h3H2,1-2H3;/q;+3. The molecule has 0 aromatic heterocycles. The summed E-state index contributed by atoms with van der Waals surface area (Å²) in [6.07, 6.45) is 0.329. The van der Waals surface area contributed by atoms with Crippen LogP contribution in [0.1, 0.15) is 20.3 Å². The summed E-state index contributed by atoms with van der Waals surface area (Å²) in [7, 11) is 0. The molecule has 0 saturated heterocycles. The van der Waals surface area contributed by atoms with Gasteiger partial charge in [-0.1, -0.05) is 6.92 Å². The van der Waals surface area contributed by atoms with E-state index in [9.17, 15) is 9.59 Å². The van der Waals surface area contributed by atoms with Crippen LogP contribution in [-0.4, -0.2) is 28.9 Å². The van der Waals surface area contributed by atoms with Gasteiger partial charge in [-0.05, 0) is 0 Å². The SMILES string of the molecule is CCC(=O)C(C)=O.[Al+3]. The molecule has 0 rings (SSSR count). The molecule has 0 aromatic rings. The molecule has 0 aliphatic heterocycles.